The number of carbonyl (C=O) groups excluding carboxylic acids is 2. The number of carbonyl (C=O) groups is 2. The number of benzene rings is 1. The van der Waals surface area contributed by atoms with E-state index < -0.39 is 16.7 Å². The largest absolute Gasteiger partial charge is 0.336 e. The van der Waals surface area contributed by atoms with Gasteiger partial charge >= 0.3 is 11.8 Å². The summed E-state index contributed by atoms with van der Waals surface area (Å²) in [5.74, 6) is 4.15. The highest BCUT2D eigenvalue weighted by Gasteiger charge is 2.30. The van der Waals surface area contributed by atoms with Crippen LogP contribution in [-0.4, -0.2) is 46.7 Å². The van der Waals surface area contributed by atoms with Gasteiger partial charge in [0.1, 0.15) is 0 Å². The van der Waals surface area contributed by atoms with E-state index in [2.05, 4.69) is 5.43 Å². The van der Waals surface area contributed by atoms with Crippen molar-refractivity contribution in [3.63, 3.8) is 0 Å². The number of anilines is 1. The fraction of sp³-hybridized carbons (Fsp3) is 0.333. The molecule has 112 valence electrons. The number of nitrogens with zero attached hydrogens (tertiary/aromatic N) is 3. The molecule has 1 saturated heterocycles. The van der Waals surface area contributed by atoms with E-state index in [1.54, 1.807) is 7.05 Å². The summed E-state index contributed by atoms with van der Waals surface area (Å²) in [6, 6.07) is 4.12. The van der Waals surface area contributed by atoms with Crippen molar-refractivity contribution in [2.75, 3.05) is 25.6 Å². The first-order chi connectivity index (χ1) is 9.93. The van der Waals surface area contributed by atoms with E-state index >= 15 is 0 Å². The lowest BCUT2D eigenvalue weighted by molar-refractivity contribution is -0.384. The molecule has 0 aromatic heterocycles. The summed E-state index contributed by atoms with van der Waals surface area (Å²) in [5, 5.41) is 10.8. The maximum Gasteiger partial charge on any atom is 0.312 e. The first-order valence-electron chi connectivity index (χ1n) is 6.22. The summed E-state index contributed by atoms with van der Waals surface area (Å²) in [7, 11) is 1.55. The van der Waals surface area contributed by atoms with Crippen molar-refractivity contribution in [2.45, 2.75) is 6.54 Å². The van der Waals surface area contributed by atoms with E-state index in [-0.39, 0.29) is 12.2 Å². The standard InChI is InChI=1S/C12H15N5O4/c1-15-4-5-16(12(19)11(15)18)7-8-6-9(17(20)21)2-3-10(8)14-13/h2-3,6,14H,4-5,7,13H2,1H3. The van der Waals surface area contributed by atoms with Gasteiger partial charge in [0.25, 0.3) is 5.69 Å². The molecule has 0 saturated carbocycles. The first kappa shape index (κ1) is 14.7. The molecular weight excluding hydrogens is 278 g/mol. The van der Waals surface area contributed by atoms with Crippen LogP contribution in [0.5, 0.6) is 0 Å². The molecule has 1 aromatic carbocycles. The molecule has 1 aromatic rings. The first-order valence-corrected chi connectivity index (χ1v) is 6.22. The number of nitro benzene ring substituents is 1. The Morgan fingerprint density at radius 2 is 2.05 bits per heavy atom. The monoisotopic (exact) mass is 293 g/mol. The zero-order valence-electron chi connectivity index (χ0n) is 11.4. The van der Waals surface area contributed by atoms with Gasteiger partial charge in [0, 0.05) is 44.4 Å². The maximum atomic E-state index is 11.9. The van der Waals surface area contributed by atoms with Gasteiger partial charge in [-0.3, -0.25) is 25.5 Å². The van der Waals surface area contributed by atoms with Crippen LogP contribution < -0.4 is 11.3 Å². The Balaban J connectivity index is 2.26. The fourth-order valence-corrected chi connectivity index (χ4v) is 2.09. The Morgan fingerprint density at radius 3 is 2.67 bits per heavy atom. The van der Waals surface area contributed by atoms with Crippen molar-refractivity contribution < 1.29 is 14.5 Å². The van der Waals surface area contributed by atoms with E-state index in [1.165, 1.54) is 28.0 Å². The van der Waals surface area contributed by atoms with E-state index in [9.17, 15) is 19.7 Å². The number of hydrazine groups is 1. The van der Waals surface area contributed by atoms with Crippen LogP contribution >= 0.6 is 0 Å². The number of nitrogens with two attached hydrogens (primary N) is 1. The minimum absolute atomic E-state index is 0.0830. The Labute approximate surface area is 120 Å². The van der Waals surface area contributed by atoms with Gasteiger partial charge in [-0.1, -0.05) is 0 Å². The number of amides is 2. The third-order valence-corrected chi connectivity index (χ3v) is 3.34. The van der Waals surface area contributed by atoms with Gasteiger partial charge in [0.05, 0.1) is 10.6 Å². The molecule has 0 spiro atoms. The lowest BCUT2D eigenvalue weighted by Gasteiger charge is -2.31. The molecule has 0 radical (unpaired) electrons. The quantitative estimate of drug-likeness (QED) is 0.339. The topological polar surface area (TPSA) is 122 Å². The van der Waals surface area contributed by atoms with Crippen LogP contribution in [0.3, 0.4) is 0 Å². The summed E-state index contributed by atoms with van der Waals surface area (Å²) in [5.41, 5.74) is 3.29. The lowest BCUT2D eigenvalue weighted by atomic mass is 10.1. The van der Waals surface area contributed by atoms with Gasteiger partial charge in [-0.25, -0.2) is 0 Å². The van der Waals surface area contributed by atoms with E-state index in [1.807, 2.05) is 0 Å². The van der Waals surface area contributed by atoms with Gasteiger partial charge in [0.15, 0.2) is 0 Å². The normalized spacial score (nSPS) is 15.3. The molecular formula is C12H15N5O4. The third-order valence-electron chi connectivity index (χ3n) is 3.34. The number of nitro groups is 1. The molecule has 0 unspecified atom stereocenters. The second kappa shape index (κ2) is 5.75. The molecule has 1 aliphatic rings. The van der Waals surface area contributed by atoms with Crippen molar-refractivity contribution >= 4 is 23.2 Å². The highest BCUT2D eigenvalue weighted by molar-refractivity contribution is 6.35. The summed E-state index contributed by atoms with van der Waals surface area (Å²) in [4.78, 5) is 36.5. The van der Waals surface area contributed by atoms with Crippen molar-refractivity contribution in [2.24, 2.45) is 5.84 Å². The lowest BCUT2D eigenvalue weighted by Crippen LogP contribution is -2.52. The molecule has 1 heterocycles. The SMILES string of the molecule is CN1CCN(Cc2cc([N+](=O)[O-])ccc2NN)C(=O)C1=O. The molecule has 21 heavy (non-hydrogen) atoms. The number of rotatable bonds is 4. The van der Waals surface area contributed by atoms with Crippen molar-refractivity contribution in [1.29, 1.82) is 0 Å². The second-order valence-corrected chi connectivity index (χ2v) is 4.70. The number of nitrogens with one attached hydrogen (secondary N) is 1. The Kier molecular flexibility index (Phi) is 4.03. The third kappa shape index (κ3) is 2.92. The van der Waals surface area contributed by atoms with Crippen LogP contribution in [0.4, 0.5) is 11.4 Å². The summed E-state index contributed by atoms with van der Waals surface area (Å²) in [6.07, 6.45) is 0. The smallest absolute Gasteiger partial charge is 0.312 e. The van der Waals surface area contributed by atoms with Crippen LogP contribution in [0.2, 0.25) is 0 Å². The second-order valence-electron chi connectivity index (χ2n) is 4.70. The highest BCUT2D eigenvalue weighted by Crippen LogP contribution is 2.23. The van der Waals surface area contributed by atoms with Crippen LogP contribution in [0.25, 0.3) is 0 Å². The molecule has 0 atom stereocenters. The predicted molar refractivity (Wildman–Crippen MR) is 74.0 cm³/mol. The number of piperazine rings is 1. The zero-order valence-corrected chi connectivity index (χ0v) is 11.4. The maximum absolute atomic E-state index is 11.9. The molecule has 9 heteroatoms. The predicted octanol–water partition coefficient (Wildman–Crippen LogP) is -0.319. The van der Waals surface area contributed by atoms with Crippen molar-refractivity contribution in [1.82, 2.24) is 9.80 Å². The molecule has 0 aliphatic carbocycles. The Hall–Kier alpha value is -2.68. The summed E-state index contributed by atoms with van der Waals surface area (Å²) in [6.45, 7) is 0.873. The molecule has 3 N–H and O–H groups in total. The van der Waals surface area contributed by atoms with Gasteiger partial charge in [-0.2, -0.15) is 0 Å². The minimum atomic E-state index is -0.627. The van der Waals surface area contributed by atoms with Crippen LogP contribution in [0.15, 0.2) is 18.2 Å². The number of hydrogen-bond donors (Lipinski definition) is 2. The van der Waals surface area contributed by atoms with E-state index in [0.29, 0.717) is 24.3 Å². The van der Waals surface area contributed by atoms with E-state index in [0.717, 1.165) is 0 Å². The van der Waals surface area contributed by atoms with Crippen LogP contribution in [0, 0.1) is 10.1 Å². The summed E-state index contributed by atoms with van der Waals surface area (Å²) < 4.78 is 0. The summed E-state index contributed by atoms with van der Waals surface area (Å²) >= 11 is 0. The molecule has 9 nitrogen and oxygen atoms in total. The average molecular weight is 293 g/mol. The van der Waals surface area contributed by atoms with E-state index in [4.69, 9.17) is 5.84 Å². The Bertz CT molecular complexity index is 603. The van der Waals surface area contributed by atoms with Crippen LogP contribution in [0.1, 0.15) is 5.56 Å². The number of hydrogen-bond acceptors (Lipinski definition) is 6. The van der Waals surface area contributed by atoms with Gasteiger partial charge in [-0.05, 0) is 6.07 Å². The highest BCUT2D eigenvalue weighted by atomic mass is 16.6. The Morgan fingerprint density at radius 1 is 1.33 bits per heavy atom. The average Bonchev–Trinajstić information content (AvgIpc) is 2.47. The van der Waals surface area contributed by atoms with Crippen molar-refractivity contribution in [3.05, 3.63) is 33.9 Å². The molecule has 2 amide bonds. The minimum Gasteiger partial charge on any atom is -0.336 e. The van der Waals surface area contributed by atoms with Crippen molar-refractivity contribution in [3.8, 4) is 0 Å². The number of non-ortho nitro benzene ring substituents is 1. The van der Waals surface area contributed by atoms with Gasteiger partial charge < -0.3 is 15.2 Å². The zero-order chi connectivity index (χ0) is 15.6. The van der Waals surface area contributed by atoms with Gasteiger partial charge in [-0.15, -0.1) is 0 Å². The number of nitrogen functional groups attached to an aromatic ring is 1. The molecule has 1 fully saturated rings. The van der Waals surface area contributed by atoms with Crippen LogP contribution in [-0.2, 0) is 16.1 Å². The van der Waals surface area contributed by atoms with Gasteiger partial charge in [0.2, 0.25) is 0 Å². The fourth-order valence-electron chi connectivity index (χ4n) is 2.09. The molecule has 0 bridgehead atoms. The molecule has 2 rings (SSSR count). The molecule has 1 aliphatic heterocycles. The number of likely N-dealkylation sites (N-methyl/N-ethyl adjacent to an activating group) is 1.